The van der Waals surface area contributed by atoms with E-state index >= 15 is 0 Å². The zero-order chi connectivity index (χ0) is 26.0. The van der Waals surface area contributed by atoms with Crippen molar-refractivity contribution in [3.63, 3.8) is 0 Å². The van der Waals surface area contributed by atoms with E-state index < -0.39 is 0 Å². The summed E-state index contributed by atoms with van der Waals surface area (Å²) in [7, 11) is 0. The van der Waals surface area contributed by atoms with E-state index in [0.717, 1.165) is 58.3 Å². The molecule has 1 heterocycles. The summed E-state index contributed by atoms with van der Waals surface area (Å²) >= 11 is 0. The van der Waals surface area contributed by atoms with Gasteiger partial charge in [0, 0.05) is 25.7 Å². The van der Waals surface area contributed by atoms with Crippen molar-refractivity contribution in [1.29, 1.82) is 0 Å². The molecule has 2 aliphatic carbocycles. The Morgan fingerprint density at radius 1 is 0.730 bits per heavy atom. The second-order valence-corrected chi connectivity index (χ2v) is 11.8. The molecular formula is C32H44O5. The average Bonchev–Trinajstić information content (AvgIpc) is 3.32. The van der Waals surface area contributed by atoms with E-state index in [1.807, 2.05) is 24.3 Å². The van der Waals surface area contributed by atoms with Gasteiger partial charge < -0.3 is 18.9 Å². The van der Waals surface area contributed by atoms with Crippen molar-refractivity contribution < 1.29 is 23.7 Å². The van der Waals surface area contributed by atoms with Crippen LogP contribution < -0.4 is 0 Å². The Morgan fingerprint density at radius 2 is 1.27 bits per heavy atom. The molecule has 37 heavy (non-hydrogen) atoms. The third-order valence-electron chi connectivity index (χ3n) is 7.83. The van der Waals surface area contributed by atoms with Crippen LogP contribution in [0.15, 0.2) is 60.7 Å². The van der Waals surface area contributed by atoms with Gasteiger partial charge in [-0.3, -0.25) is 4.79 Å². The van der Waals surface area contributed by atoms with Crippen molar-refractivity contribution in [1.82, 2.24) is 0 Å². The zero-order valence-electron chi connectivity index (χ0n) is 22.7. The molecule has 2 aromatic rings. The van der Waals surface area contributed by atoms with Crippen LogP contribution in [-0.4, -0.2) is 38.0 Å². The summed E-state index contributed by atoms with van der Waals surface area (Å²) < 4.78 is 23.4. The number of benzene rings is 2. The molecule has 3 fully saturated rings. The number of hydrogen-bond donors (Lipinski definition) is 0. The maximum Gasteiger partial charge on any atom is 0.169 e. The van der Waals surface area contributed by atoms with Gasteiger partial charge in [-0.05, 0) is 47.6 Å². The van der Waals surface area contributed by atoms with E-state index in [2.05, 4.69) is 50.2 Å². The first-order valence-electron chi connectivity index (χ1n) is 13.9. The highest BCUT2D eigenvalue weighted by atomic mass is 16.7. The smallest absolute Gasteiger partial charge is 0.169 e. The van der Waals surface area contributed by atoms with Gasteiger partial charge in [0.1, 0.15) is 5.78 Å². The van der Waals surface area contributed by atoms with Crippen LogP contribution in [0, 0.1) is 10.8 Å². The molecule has 3 aliphatic rings. The Morgan fingerprint density at radius 3 is 1.84 bits per heavy atom. The van der Waals surface area contributed by atoms with Crippen molar-refractivity contribution in [3.05, 3.63) is 71.8 Å². The number of rotatable bonds is 8. The summed E-state index contributed by atoms with van der Waals surface area (Å²) in [5.41, 5.74) is 2.65. The molecular weight excluding hydrogens is 464 g/mol. The largest absolute Gasteiger partial charge is 0.376 e. The Labute approximate surface area is 222 Å². The number of carbonyl (C=O) groups is 1. The molecule has 1 spiro atoms. The topological polar surface area (TPSA) is 54.0 Å². The first kappa shape index (κ1) is 28.0. The lowest BCUT2D eigenvalue weighted by molar-refractivity contribution is -0.206. The molecule has 1 aliphatic heterocycles. The molecule has 1 saturated heterocycles. The quantitative estimate of drug-likeness (QED) is 0.389. The fourth-order valence-corrected chi connectivity index (χ4v) is 5.95. The van der Waals surface area contributed by atoms with Crippen LogP contribution in [0.5, 0.6) is 0 Å². The van der Waals surface area contributed by atoms with Gasteiger partial charge in [-0.2, -0.15) is 0 Å². The number of hydrogen-bond acceptors (Lipinski definition) is 5. The number of Topliss-reactive ketones (excluding diaryl/α,β-unsaturated/α-hetero) is 1. The normalized spacial score (nSPS) is 27.0. The fourth-order valence-electron chi connectivity index (χ4n) is 5.95. The SMILES string of the molecule is CC1(COCc2ccccc2)CCCC(=O)C1.CC1(COCc2ccccc2)CCCC2(C1)OCCO2. The third kappa shape index (κ3) is 8.75. The third-order valence-corrected chi connectivity index (χ3v) is 7.83. The predicted octanol–water partition coefficient (Wildman–Crippen LogP) is 6.88. The standard InChI is InChI=1S/C17H24O3.C15H20O2/c1-16(14-18-12-15-6-3-2-4-7-15)8-5-9-17(13-16)19-10-11-20-17;1-15(9-5-8-14(16)10-15)12-17-11-13-6-3-2-4-7-13/h2-4,6-7H,5,8-14H2,1H3;2-4,6-7H,5,8-12H2,1H3. The molecule has 2 unspecified atom stereocenters. The summed E-state index contributed by atoms with van der Waals surface area (Å²) in [5, 5.41) is 0. The van der Waals surface area contributed by atoms with Crippen molar-refractivity contribution >= 4 is 5.78 Å². The number of ketones is 1. The first-order chi connectivity index (χ1) is 17.9. The van der Waals surface area contributed by atoms with E-state index in [0.29, 0.717) is 32.0 Å². The lowest BCUT2D eigenvalue weighted by atomic mass is 9.73. The van der Waals surface area contributed by atoms with E-state index in [4.69, 9.17) is 18.9 Å². The summed E-state index contributed by atoms with van der Waals surface area (Å²) in [5.74, 6) is 0.0744. The highest BCUT2D eigenvalue weighted by Crippen LogP contribution is 2.45. The first-order valence-corrected chi connectivity index (χ1v) is 13.9. The van der Waals surface area contributed by atoms with Gasteiger partial charge in [0.05, 0.1) is 39.6 Å². The maximum atomic E-state index is 11.5. The minimum atomic E-state index is -0.316. The Bertz CT molecular complexity index is 956. The van der Waals surface area contributed by atoms with Gasteiger partial charge in [0.15, 0.2) is 5.79 Å². The van der Waals surface area contributed by atoms with Crippen LogP contribution in [0.4, 0.5) is 0 Å². The van der Waals surface area contributed by atoms with Crippen LogP contribution in [0.25, 0.3) is 0 Å². The van der Waals surface area contributed by atoms with Crippen LogP contribution in [0.3, 0.4) is 0 Å². The van der Waals surface area contributed by atoms with Crippen LogP contribution >= 0.6 is 0 Å². The van der Waals surface area contributed by atoms with Crippen molar-refractivity contribution in [2.24, 2.45) is 10.8 Å². The Hall–Kier alpha value is -2.05. The van der Waals surface area contributed by atoms with Gasteiger partial charge in [-0.15, -0.1) is 0 Å². The second kappa shape index (κ2) is 13.1. The molecule has 0 radical (unpaired) electrons. The maximum absolute atomic E-state index is 11.5. The van der Waals surface area contributed by atoms with E-state index in [9.17, 15) is 4.79 Å². The van der Waals surface area contributed by atoms with Gasteiger partial charge in [-0.25, -0.2) is 0 Å². The van der Waals surface area contributed by atoms with E-state index in [1.54, 1.807) is 0 Å². The van der Waals surface area contributed by atoms with Gasteiger partial charge in [-0.1, -0.05) is 74.5 Å². The zero-order valence-corrected chi connectivity index (χ0v) is 22.7. The van der Waals surface area contributed by atoms with Crippen LogP contribution in [-0.2, 0) is 37.0 Å². The van der Waals surface area contributed by atoms with Gasteiger partial charge in [0.2, 0.25) is 0 Å². The molecule has 0 bridgehead atoms. The van der Waals surface area contributed by atoms with Crippen molar-refractivity contribution in [2.45, 2.75) is 84.2 Å². The van der Waals surface area contributed by atoms with Crippen molar-refractivity contribution in [2.75, 3.05) is 26.4 Å². The molecule has 0 amide bonds. The monoisotopic (exact) mass is 508 g/mol. The van der Waals surface area contributed by atoms with Gasteiger partial charge in [0.25, 0.3) is 0 Å². The minimum Gasteiger partial charge on any atom is -0.376 e. The molecule has 2 atom stereocenters. The molecule has 5 heteroatoms. The Kier molecular flexibility index (Phi) is 9.94. The summed E-state index contributed by atoms with van der Waals surface area (Å²) in [6.45, 7) is 8.72. The van der Waals surface area contributed by atoms with E-state index in [-0.39, 0.29) is 16.6 Å². The molecule has 2 aromatic carbocycles. The van der Waals surface area contributed by atoms with Crippen LogP contribution in [0.2, 0.25) is 0 Å². The fraction of sp³-hybridized carbons (Fsp3) is 0.594. The highest BCUT2D eigenvalue weighted by Gasteiger charge is 2.46. The number of carbonyl (C=O) groups excluding carboxylic acids is 1. The summed E-state index contributed by atoms with van der Waals surface area (Å²) in [6.07, 6.45) is 7.89. The molecule has 0 aromatic heterocycles. The summed E-state index contributed by atoms with van der Waals surface area (Å²) in [4.78, 5) is 11.5. The minimum absolute atomic E-state index is 0.0596. The van der Waals surface area contributed by atoms with Crippen LogP contribution in [0.1, 0.15) is 76.3 Å². The highest BCUT2D eigenvalue weighted by molar-refractivity contribution is 5.79. The lowest BCUT2D eigenvalue weighted by Crippen LogP contribution is -2.43. The molecule has 2 saturated carbocycles. The lowest BCUT2D eigenvalue weighted by Gasteiger charge is -2.42. The van der Waals surface area contributed by atoms with Crippen molar-refractivity contribution in [3.8, 4) is 0 Å². The molecule has 0 N–H and O–H groups in total. The van der Waals surface area contributed by atoms with E-state index in [1.165, 1.54) is 17.5 Å². The predicted molar refractivity (Wildman–Crippen MR) is 145 cm³/mol. The molecule has 5 rings (SSSR count). The molecule has 5 nitrogen and oxygen atoms in total. The van der Waals surface area contributed by atoms with Gasteiger partial charge >= 0.3 is 0 Å². The molecule has 202 valence electrons. The number of ether oxygens (including phenoxy) is 4. The average molecular weight is 509 g/mol. The Balaban J connectivity index is 0.000000176. The second-order valence-electron chi connectivity index (χ2n) is 11.8. The summed E-state index contributed by atoms with van der Waals surface area (Å²) in [6, 6.07) is 20.5.